The van der Waals surface area contributed by atoms with E-state index >= 15 is 0 Å². The van der Waals surface area contributed by atoms with Gasteiger partial charge in [-0.1, -0.05) is 0 Å². The fourth-order valence-corrected chi connectivity index (χ4v) is 3.63. The first kappa shape index (κ1) is 19.9. The van der Waals surface area contributed by atoms with Crippen LogP contribution >= 0.6 is 0 Å². The molecule has 1 atom stereocenters. The summed E-state index contributed by atoms with van der Waals surface area (Å²) in [5, 5.41) is 2.24. The Morgan fingerprint density at radius 1 is 1.42 bits per heavy atom. The number of rotatable bonds is 1. The number of alkyl carbamates (subject to hydrolysis) is 1. The number of guanidine groups is 1. The summed E-state index contributed by atoms with van der Waals surface area (Å²) >= 11 is 0. The van der Waals surface area contributed by atoms with Crippen LogP contribution in [-0.4, -0.2) is 43.2 Å². The van der Waals surface area contributed by atoms with E-state index in [4.69, 9.17) is 16.2 Å². The minimum Gasteiger partial charge on any atom is -0.444 e. The molecule has 0 saturated carbocycles. The molecule has 0 fully saturated rings. The van der Waals surface area contributed by atoms with E-state index in [-0.39, 0.29) is 17.2 Å². The number of benzene rings is 1. The summed E-state index contributed by atoms with van der Waals surface area (Å²) in [5.41, 5.74) is 8.98. The zero-order chi connectivity index (χ0) is 19.9. The molecule has 0 radical (unpaired) electrons. The molecular formula is C15H22FN5O4S. The van der Waals surface area contributed by atoms with Crippen molar-refractivity contribution in [2.45, 2.75) is 32.0 Å². The summed E-state index contributed by atoms with van der Waals surface area (Å²) in [5.74, 6) is -1.84. The van der Waals surface area contributed by atoms with Crippen LogP contribution in [0.2, 0.25) is 0 Å². The topological polar surface area (TPSA) is 140 Å². The predicted molar refractivity (Wildman–Crippen MR) is 95.0 cm³/mol. The molecule has 0 aliphatic carbocycles. The van der Waals surface area contributed by atoms with Crippen molar-refractivity contribution in [1.29, 1.82) is 0 Å². The summed E-state index contributed by atoms with van der Waals surface area (Å²) in [6.07, 6.45) is -0.921. The van der Waals surface area contributed by atoms with Crippen molar-refractivity contribution in [2.75, 3.05) is 18.5 Å². The lowest BCUT2D eigenvalue weighted by Gasteiger charge is -2.35. The molecule has 0 bridgehead atoms. The lowest BCUT2D eigenvalue weighted by atomic mass is 10.0. The Morgan fingerprint density at radius 2 is 2.04 bits per heavy atom. The van der Waals surface area contributed by atoms with Gasteiger partial charge >= 0.3 is 6.09 Å². The van der Waals surface area contributed by atoms with Gasteiger partial charge in [-0.3, -0.25) is 5.32 Å². The lowest BCUT2D eigenvalue weighted by Crippen LogP contribution is -2.57. The highest BCUT2D eigenvalue weighted by Crippen LogP contribution is 2.30. The maximum atomic E-state index is 14.2. The number of amides is 1. The van der Waals surface area contributed by atoms with Crippen LogP contribution in [0.15, 0.2) is 23.2 Å². The Balaban J connectivity index is 2.49. The summed E-state index contributed by atoms with van der Waals surface area (Å²) in [6, 6.07) is 3.60. The van der Waals surface area contributed by atoms with Crippen molar-refractivity contribution in [3.8, 4) is 0 Å². The third kappa shape index (κ3) is 4.22. The molecule has 26 heavy (non-hydrogen) atoms. The summed E-state index contributed by atoms with van der Waals surface area (Å²) in [7, 11) is -2.79. The van der Waals surface area contributed by atoms with E-state index in [1.54, 1.807) is 20.8 Å². The van der Waals surface area contributed by atoms with Gasteiger partial charge in [0.05, 0.1) is 0 Å². The Hall–Kier alpha value is -2.40. The Bertz CT molecular complexity index is 865. The maximum absolute atomic E-state index is 14.2. The molecule has 1 heterocycles. The molecule has 0 spiro atoms. The van der Waals surface area contributed by atoms with E-state index in [0.29, 0.717) is 0 Å². The first-order valence-corrected chi connectivity index (χ1v) is 9.25. The van der Waals surface area contributed by atoms with Crippen LogP contribution < -0.4 is 16.8 Å². The van der Waals surface area contributed by atoms with Gasteiger partial charge in [0, 0.05) is 18.3 Å². The average Bonchev–Trinajstić information content (AvgIpc) is 2.44. The molecule has 0 saturated heterocycles. The van der Waals surface area contributed by atoms with Crippen LogP contribution in [0.5, 0.6) is 0 Å². The van der Waals surface area contributed by atoms with E-state index in [1.807, 2.05) is 0 Å². The van der Waals surface area contributed by atoms with Crippen molar-refractivity contribution >= 4 is 27.8 Å². The van der Waals surface area contributed by atoms with Crippen LogP contribution in [-0.2, 0) is 20.4 Å². The molecule has 1 amide bonds. The number of nitrogen functional groups attached to an aromatic ring is 1. The third-order valence-corrected chi connectivity index (χ3v) is 5.31. The largest absolute Gasteiger partial charge is 0.444 e. The molecule has 2 rings (SSSR count). The van der Waals surface area contributed by atoms with Crippen LogP contribution in [0.4, 0.5) is 14.9 Å². The highest BCUT2D eigenvalue weighted by Gasteiger charge is 2.43. The van der Waals surface area contributed by atoms with Crippen molar-refractivity contribution in [1.82, 2.24) is 9.62 Å². The zero-order valence-electron chi connectivity index (χ0n) is 14.9. The van der Waals surface area contributed by atoms with E-state index in [0.717, 1.165) is 10.4 Å². The van der Waals surface area contributed by atoms with E-state index in [2.05, 4.69) is 10.3 Å². The summed E-state index contributed by atoms with van der Waals surface area (Å²) in [4.78, 5) is 16.0. The monoisotopic (exact) mass is 387 g/mol. The quantitative estimate of drug-likeness (QED) is 0.605. The SMILES string of the molecule is CN1C(NC(=O)OC(C)(C)C)=N[C@](N)(c2cc(N)ccc2F)CS1(=O)=O. The van der Waals surface area contributed by atoms with Gasteiger partial charge in [-0.05, 0) is 39.0 Å². The van der Waals surface area contributed by atoms with Gasteiger partial charge in [0.25, 0.3) is 0 Å². The van der Waals surface area contributed by atoms with E-state index in [1.165, 1.54) is 19.2 Å². The molecule has 144 valence electrons. The number of hydrogen-bond donors (Lipinski definition) is 3. The molecule has 9 nitrogen and oxygen atoms in total. The Kier molecular flexibility index (Phi) is 4.90. The smallest absolute Gasteiger partial charge is 0.414 e. The van der Waals surface area contributed by atoms with Crippen LogP contribution in [0, 0.1) is 5.82 Å². The second-order valence-corrected chi connectivity index (χ2v) is 8.95. The number of nitrogens with two attached hydrogens (primary N) is 2. The summed E-state index contributed by atoms with van der Waals surface area (Å²) in [6.45, 7) is 4.93. The number of halogens is 1. The predicted octanol–water partition coefficient (Wildman–Crippen LogP) is 0.675. The fraction of sp³-hybridized carbons (Fsp3) is 0.467. The van der Waals surface area contributed by atoms with Crippen molar-refractivity contribution in [3.63, 3.8) is 0 Å². The highest BCUT2D eigenvalue weighted by atomic mass is 32.2. The Labute approximate surface area is 151 Å². The molecule has 1 aliphatic heterocycles. The van der Waals surface area contributed by atoms with Gasteiger partial charge < -0.3 is 16.2 Å². The highest BCUT2D eigenvalue weighted by molar-refractivity contribution is 7.89. The minimum atomic E-state index is -3.99. The number of carbonyl (C=O) groups excluding carboxylic acids is 1. The average molecular weight is 387 g/mol. The number of hydrogen-bond acceptors (Lipinski definition) is 7. The second-order valence-electron chi connectivity index (χ2n) is 6.95. The number of anilines is 1. The fourth-order valence-electron chi connectivity index (χ4n) is 2.31. The first-order valence-electron chi connectivity index (χ1n) is 7.64. The van der Waals surface area contributed by atoms with Crippen molar-refractivity contribution < 1.29 is 22.3 Å². The standard InChI is InChI=1S/C15H22FN5O4S/c1-14(2,3)25-13(22)19-12-20-15(18,8-26(23,24)21(12)4)10-7-9(17)5-6-11(10)16/h5-7H,8,17-18H2,1-4H3,(H,19,20,22)/t15-/m0/s1. The molecule has 11 heteroatoms. The van der Waals surface area contributed by atoms with Crippen LogP contribution in [0.25, 0.3) is 0 Å². The molecule has 0 aromatic heterocycles. The number of aliphatic imine (C=N–C) groups is 1. The van der Waals surface area contributed by atoms with Gasteiger partial charge in [-0.15, -0.1) is 0 Å². The van der Waals surface area contributed by atoms with Gasteiger partial charge in [0.1, 0.15) is 17.2 Å². The lowest BCUT2D eigenvalue weighted by molar-refractivity contribution is 0.0559. The van der Waals surface area contributed by atoms with Gasteiger partial charge in [-0.25, -0.2) is 26.9 Å². The number of carbonyl (C=O) groups is 1. The molecular weight excluding hydrogens is 365 g/mol. The van der Waals surface area contributed by atoms with E-state index in [9.17, 15) is 17.6 Å². The van der Waals surface area contributed by atoms with Crippen LogP contribution in [0.1, 0.15) is 26.3 Å². The molecule has 1 aromatic carbocycles. The number of nitrogens with zero attached hydrogens (tertiary/aromatic N) is 2. The van der Waals surface area contributed by atoms with Crippen molar-refractivity contribution in [3.05, 3.63) is 29.6 Å². The second kappa shape index (κ2) is 6.40. The molecule has 1 aromatic rings. The number of ether oxygens (including phenoxy) is 1. The van der Waals surface area contributed by atoms with Gasteiger partial charge in [-0.2, -0.15) is 0 Å². The number of nitrogens with one attached hydrogen (secondary N) is 1. The molecule has 5 N–H and O–H groups in total. The molecule has 1 aliphatic rings. The first-order chi connectivity index (χ1) is 11.7. The van der Waals surface area contributed by atoms with Crippen molar-refractivity contribution in [2.24, 2.45) is 10.7 Å². The minimum absolute atomic E-state index is 0.194. The zero-order valence-corrected chi connectivity index (χ0v) is 15.7. The van der Waals surface area contributed by atoms with Gasteiger partial charge in [0.15, 0.2) is 5.66 Å². The number of sulfonamides is 1. The normalized spacial score (nSPS) is 22.5. The Morgan fingerprint density at radius 3 is 2.62 bits per heavy atom. The third-order valence-electron chi connectivity index (χ3n) is 3.49. The van der Waals surface area contributed by atoms with E-state index < -0.39 is 39.0 Å². The van der Waals surface area contributed by atoms with Crippen LogP contribution in [0.3, 0.4) is 0 Å². The van der Waals surface area contributed by atoms with Gasteiger partial charge in [0.2, 0.25) is 16.0 Å². The summed E-state index contributed by atoms with van der Waals surface area (Å²) < 4.78 is 45.0. The maximum Gasteiger partial charge on any atom is 0.414 e. The molecule has 0 unspecified atom stereocenters.